The highest BCUT2D eigenvalue weighted by Crippen LogP contribution is 2.14. The van der Waals surface area contributed by atoms with Crippen LogP contribution in [-0.4, -0.2) is 17.9 Å². The first-order valence-electron chi connectivity index (χ1n) is 3.76. The zero-order valence-corrected chi connectivity index (χ0v) is 8.01. The molecular formula is C9H17NO. The molecule has 0 bridgehead atoms. The fraction of sp³-hybridized carbons (Fsp3) is 0.667. The highest BCUT2D eigenvalue weighted by atomic mass is 16.2. The van der Waals surface area contributed by atoms with Crippen LogP contribution in [0.15, 0.2) is 12.3 Å². The van der Waals surface area contributed by atoms with Gasteiger partial charge in [0.25, 0.3) is 0 Å². The molecule has 0 rings (SSSR count). The molecule has 0 aliphatic carbocycles. The van der Waals surface area contributed by atoms with Crippen molar-refractivity contribution in [2.75, 3.05) is 7.05 Å². The lowest BCUT2D eigenvalue weighted by molar-refractivity contribution is -0.125. The maximum Gasteiger partial charge on any atom is 0.223 e. The van der Waals surface area contributed by atoms with Crippen LogP contribution >= 0.6 is 0 Å². The Morgan fingerprint density at radius 2 is 1.82 bits per heavy atom. The Kier molecular flexibility index (Phi) is 3.30. The van der Waals surface area contributed by atoms with Gasteiger partial charge in [-0.2, -0.15) is 0 Å². The Labute approximate surface area is 68.9 Å². The number of carbonyl (C=O) groups excluding carboxylic acids is 1. The van der Waals surface area contributed by atoms with E-state index in [4.69, 9.17) is 0 Å². The first-order valence-corrected chi connectivity index (χ1v) is 3.76. The fourth-order valence-corrected chi connectivity index (χ4v) is 0.440. The van der Waals surface area contributed by atoms with E-state index in [1.807, 2.05) is 12.3 Å². The SMILES string of the molecule is CC(=O)N(C)/C=C/C(C)(C)C. The monoisotopic (exact) mass is 155 g/mol. The quantitative estimate of drug-likeness (QED) is 0.567. The van der Waals surface area contributed by atoms with Crippen LogP contribution in [0.25, 0.3) is 0 Å². The molecule has 0 aromatic carbocycles. The van der Waals surface area contributed by atoms with Crippen LogP contribution in [0.1, 0.15) is 27.7 Å². The van der Waals surface area contributed by atoms with Gasteiger partial charge in [0.2, 0.25) is 5.91 Å². The van der Waals surface area contributed by atoms with Crippen molar-refractivity contribution in [1.29, 1.82) is 0 Å². The van der Waals surface area contributed by atoms with Crippen molar-refractivity contribution in [3.8, 4) is 0 Å². The number of amides is 1. The van der Waals surface area contributed by atoms with Crippen molar-refractivity contribution in [3.05, 3.63) is 12.3 Å². The van der Waals surface area contributed by atoms with E-state index in [0.717, 1.165) is 0 Å². The Bertz CT molecular complexity index is 165. The highest BCUT2D eigenvalue weighted by Gasteiger charge is 2.04. The highest BCUT2D eigenvalue weighted by molar-refractivity contribution is 5.73. The molecule has 0 aliphatic heterocycles. The molecule has 2 heteroatoms. The zero-order valence-electron chi connectivity index (χ0n) is 8.01. The summed E-state index contributed by atoms with van der Waals surface area (Å²) in [6, 6.07) is 0. The van der Waals surface area contributed by atoms with Gasteiger partial charge in [0, 0.05) is 20.2 Å². The molecule has 0 N–H and O–H groups in total. The third-order valence-electron chi connectivity index (χ3n) is 1.29. The van der Waals surface area contributed by atoms with Crippen LogP contribution in [0.5, 0.6) is 0 Å². The standard InChI is InChI=1S/C9H17NO/c1-8(11)10(5)7-6-9(2,3)4/h6-7H,1-5H3/b7-6+. The molecule has 0 saturated heterocycles. The fourth-order valence-electron chi connectivity index (χ4n) is 0.440. The lowest BCUT2D eigenvalue weighted by atomic mass is 9.97. The summed E-state index contributed by atoms with van der Waals surface area (Å²) in [6.07, 6.45) is 3.82. The van der Waals surface area contributed by atoms with Gasteiger partial charge in [-0.25, -0.2) is 0 Å². The first-order chi connectivity index (χ1) is 4.83. The molecule has 0 spiro atoms. The van der Waals surface area contributed by atoms with E-state index in [-0.39, 0.29) is 11.3 Å². The summed E-state index contributed by atoms with van der Waals surface area (Å²) in [6.45, 7) is 7.83. The minimum atomic E-state index is 0.0606. The smallest absolute Gasteiger partial charge is 0.223 e. The lowest BCUT2D eigenvalue weighted by Gasteiger charge is -2.14. The van der Waals surface area contributed by atoms with E-state index in [0.29, 0.717) is 0 Å². The number of allylic oxidation sites excluding steroid dienone is 1. The molecule has 0 heterocycles. The maximum absolute atomic E-state index is 10.7. The summed E-state index contributed by atoms with van der Waals surface area (Å²) in [5.74, 6) is 0.0606. The zero-order chi connectivity index (χ0) is 9.07. The summed E-state index contributed by atoms with van der Waals surface area (Å²) in [5, 5.41) is 0. The second-order valence-corrected chi connectivity index (χ2v) is 3.81. The Balaban J connectivity index is 4.04. The molecule has 0 atom stereocenters. The Morgan fingerprint density at radius 1 is 1.36 bits per heavy atom. The van der Waals surface area contributed by atoms with Crippen molar-refractivity contribution in [1.82, 2.24) is 4.90 Å². The molecule has 64 valence electrons. The predicted octanol–water partition coefficient (Wildman–Crippen LogP) is 2.02. The predicted molar refractivity (Wildman–Crippen MR) is 47.0 cm³/mol. The molecule has 0 aliphatic rings. The molecule has 0 unspecified atom stereocenters. The number of nitrogens with zero attached hydrogens (tertiary/aromatic N) is 1. The Hall–Kier alpha value is -0.790. The van der Waals surface area contributed by atoms with Gasteiger partial charge in [0.05, 0.1) is 0 Å². The van der Waals surface area contributed by atoms with Gasteiger partial charge in [-0.05, 0) is 5.41 Å². The summed E-state index contributed by atoms with van der Waals surface area (Å²) in [5.41, 5.74) is 0.143. The molecule has 11 heavy (non-hydrogen) atoms. The molecule has 0 fully saturated rings. The number of hydrogen-bond donors (Lipinski definition) is 0. The molecule has 0 radical (unpaired) electrons. The van der Waals surface area contributed by atoms with Crippen molar-refractivity contribution in [2.24, 2.45) is 5.41 Å². The number of rotatable bonds is 1. The van der Waals surface area contributed by atoms with Crippen LogP contribution in [0.4, 0.5) is 0 Å². The topological polar surface area (TPSA) is 20.3 Å². The van der Waals surface area contributed by atoms with Gasteiger partial charge in [-0.15, -0.1) is 0 Å². The molecular weight excluding hydrogens is 138 g/mol. The third kappa shape index (κ3) is 5.64. The molecule has 0 aromatic rings. The van der Waals surface area contributed by atoms with Crippen LogP contribution in [0.2, 0.25) is 0 Å². The number of carbonyl (C=O) groups is 1. The molecule has 0 aromatic heterocycles. The minimum absolute atomic E-state index is 0.0606. The second-order valence-electron chi connectivity index (χ2n) is 3.81. The molecule has 0 saturated carbocycles. The summed E-state index contributed by atoms with van der Waals surface area (Å²) in [7, 11) is 1.75. The average molecular weight is 155 g/mol. The van der Waals surface area contributed by atoms with E-state index in [2.05, 4.69) is 20.8 Å². The summed E-state index contributed by atoms with van der Waals surface area (Å²) < 4.78 is 0. The van der Waals surface area contributed by atoms with E-state index in [1.54, 1.807) is 18.9 Å². The Morgan fingerprint density at radius 3 is 2.09 bits per heavy atom. The van der Waals surface area contributed by atoms with E-state index >= 15 is 0 Å². The van der Waals surface area contributed by atoms with Crippen LogP contribution in [0.3, 0.4) is 0 Å². The molecule has 2 nitrogen and oxygen atoms in total. The van der Waals surface area contributed by atoms with Crippen molar-refractivity contribution in [2.45, 2.75) is 27.7 Å². The lowest BCUT2D eigenvalue weighted by Crippen LogP contribution is -2.17. The van der Waals surface area contributed by atoms with Gasteiger partial charge < -0.3 is 4.90 Å². The average Bonchev–Trinajstić information content (AvgIpc) is 1.80. The number of hydrogen-bond acceptors (Lipinski definition) is 1. The van der Waals surface area contributed by atoms with Crippen LogP contribution in [-0.2, 0) is 4.79 Å². The van der Waals surface area contributed by atoms with E-state index in [1.165, 1.54) is 0 Å². The maximum atomic E-state index is 10.7. The van der Waals surface area contributed by atoms with Gasteiger partial charge in [0.1, 0.15) is 0 Å². The van der Waals surface area contributed by atoms with Gasteiger partial charge >= 0.3 is 0 Å². The van der Waals surface area contributed by atoms with E-state index < -0.39 is 0 Å². The second kappa shape index (κ2) is 3.56. The van der Waals surface area contributed by atoms with Crippen LogP contribution in [0, 0.1) is 5.41 Å². The van der Waals surface area contributed by atoms with Gasteiger partial charge in [-0.3, -0.25) is 4.79 Å². The van der Waals surface area contributed by atoms with Crippen LogP contribution < -0.4 is 0 Å². The van der Waals surface area contributed by atoms with Gasteiger partial charge in [-0.1, -0.05) is 26.8 Å². The minimum Gasteiger partial charge on any atom is -0.323 e. The third-order valence-corrected chi connectivity index (χ3v) is 1.29. The largest absolute Gasteiger partial charge is 0.323 e. The van der Waals surface area contributed by atoms with Crippen molar-refractivity contribution < 1.29 is 4.79 Å². The summed E-state index contributed by atoms with van der Waals surface area (Å²) >= 11 is 0. The van der Waals surface area contributed by atoms with E-state index in [9.17, 15) is 4.79 Å². The van der Waals surface area contributed by atoms with Crippen molar-refractivity contribution in [3.63, 3.8) is 0 Å². The first kappa shape index (κ1) is 10.2. The summed E-state index contributed by atoms with van der Waals surface area (Å²) in [4.78, 5) is 12.3. The molecule has 1 amide bonds. The van der Waals surface area contributed by atoms with Crippen molar-refractivity contribution >= 4 is 5.91 Å². The van der Waals surface area contributed by atoms with Gasteiger partial charge in [0.15, 0.2) is 0 Å². The normalized spacial score (nSPS) is 12.1.